The van der Waals surface area contributed by atoms with Crippen molar-refractivity contribution in [2.75, 3.05) is 13.7 Å². The summed E-state index contributed by atoms with van der Waals surface area (Å²) in [6.45, 7) is 5.48. The van der Waals surface area contributed by atoms with Gasteiger partial charge in [0.1, 0.15) is 12.4 Å². The molecule has 1 N–H and O–H groups in total. The lowest BCUT2D eigenvalue weighted by Gasteiger charge is -2.26. The fourth-order valence-electron chi connectivity index (χ4n) is 3.63. The third-order valence-corrected chi connectivity index (χ3v) is 5.49. The summed E-state index contributed by atoms with van der Waals surface area (Å²) < 4.78 is 13.4. The van der Waals surface area contributed by atoms with Crippen LogP contribution in [-0.4, -0.2) is 35.2 Å². The third-order valence-electron chi connectivity index (χ3n) is 5.49. The Morgan fingerprint density at radius 1 is 1.28 bits per heavy atom. The van der Waals surface area contributed by atoms with Crippen molar-refractivity contribution >= 4 is 12.0 Å². The van der Waals surface area contributed by atoms with Gasteiger partial charge in [-0.15, -0.1) is 0 Å². The molecule has 6 heteroatoms. The first kappa shape index (κ1) is 21.0. The lowest BCUT2D eigenvalue weighted by molar-refractivity contribution is -0.117. The molecule has 0 bridgehead atoms. The van der Waals surface area contributed by atoms with Crippen LogP contribution in [0.4, 0.5) is 0 Å². The van der Waals surface area contributed by atoms with Crippen molar-refractivity contribution in [2.24, 2.45) is 5.92 Å². The van der Waals surface area contributed by atoms with Crippen LogP contribution in [0.5, 0.6) is 11.5 Å². The van der Waals surface area contributed by atoms with Crippen LogP contribution in [0.25, 0.3) is 6.08 Å². The Labute approximate surface area is 172 Å². The number of carbonyl (C=O) groups is 1. The van der Waals surface area contributed by atoms with Gasteiger partial charge in [0.25, 0.3) is 0 Å². The summed E-state index contributed by atoms with van der Waals surface area (Å²) in [5.41, 5.74) is 0.895. The van der Waals surface area contributed by atoms with Gasteiger partial charge in [-0.05, 0) is 62.3 Å². The van der Waals surface area contributed by atoms with Gasteiger partial charge in [0.2, 0.25) is 5.91 Å². The molecule has 1 aromatic heterocycles. The number of methoxy groups -OCH3 is 1. The van der Waals surface area contributed by atoms with Gasteiger partial charge < -0.3 is 19.4 Å². The van der Waals surface area contributed by atoms with E-state index in [1.54, 1.807) is 19.4 Å². The number of benzene rings is 1. The zero-order valence-corrected chi connectivity index (χ0v) is 17.6. The quantitative estimate of drug-likeness (QED) is 0.684. The van der Waals surface area contributed by atoms with Crippen molar-refractivity contribution < 1.29 is 14.3 Å². The number of ether oxygens (including phenoxy) is 2. The van der Waals surface area contributed by atoms with Crippen molar-refractivity contribution in [3.05, 3.63) is 48.1 Å². The minimum atomic E-state index is -0.0421. The molecule has 1 aromatic carbocycles. The highest BCUT2D eigenvalue weighted by molar-refractivity contribution is 5.92. The molecule has 156 valence electrons. The van der Waals surface area contributed by atoms with Gasteiger partial charge >= 0.3 is 0 Å². The molecule has 0 spiro atoms. The van der Waals surface area contributed by atoms with E-state index in [1.807, 2.05) is 42.0 Å². The number of carbonyl (C=O) groups excluding carboxylic acids is 1. The highest BCUT2D eigenvalue weighted by atomic mass is 16.5. The molecule has 1 amide bonds. The van der Waals surface area contributed by atoms with Gasteiger partial charge in [0.05, 0.1) is 13.7 Å². The molecule has 0 radical (unpaired) electrons. The van der Waals surface area contributed by atoms with E-state index in [0.29, 0.717) is 24.1 Å². The molecule has 1 heterocycles. The summed E-state index contributed by atoms with van der Waals surface area (Å²) in [6, 6.07) is 5.98. The molecule has 1 fully saturated rings. The molecule has 1 aliphatic carbocycles. The Hall–Kier alpha value is -2.76. The third kappa shape index (κ3) is 6.11. The Morgan fingerprint density at radius 2 is 2.07 bits per heavy atom. The molecule has 0 atom stereocenters. The van der Waals surface area contributed by atoms with Crippen LogP contribution in [0.1, 0.15) is 44.0 Å². The second-order valence-corrected chi connectivity index (χ2v) is 7.73. The van der Waals surface area contributed by atoms with Crippen molar-refractivity contribution in [1.82, 2.24) is 14.9 Å². The monoisotopic (exact) mass is 397 g/mol. The largest absolute Gasteiger partial charge is 0.493 e. The van der Waals surface area contributed by atoms with Gasteiger partial charge in [-0.3, -0.25) is 4.79 Å². The van der Waals surface area contributed by atoms with Gasteiger partial charge in [0.15, 0.2) is 11.5 Å². The summed E-state index contributed by atoms with van der Waals surface area (Å²) >= 11 is 0. The summed E-state index contributed by atoms with van der Waals surface area (Å²) in [6.07, 6.45) is 11.6. The predicted molar refractivity (Wildman–Crippen MR) is 114 cm³/mol. The van der Waals surface area contributed by atoms with Crippen molar-refractivity contribution in [1.29, 1.82) is 0 Å². The smallest absolute Gasteiger partial charge is 0.244 e. The van der Waals surface area contributed by atoms with E-state index in [-0.39, 0.29) is 5.91 Å². The van der Waals surface area contributed by atoms with Crippen LogP contribution in [0.2, 0.25) is 0 Å². The number of hydrogen-bond donors (Lipinski definition) is 1. The number of rotatable bonds is 8. The Morgan fingerprint density at radius 3 is 2.76 bits per heavy atom. The minimum absolute atomic E-state index is 0.0421. The Balaban J connectivity index is 1.52. The molecule has 0 unspecified atom stereocenters. The van der Waals surface area contributed by atoms with E-state index in [0.717, 1.165) is 36.7 Å². The van der Waals surface area contributed by atoms with Crippen LogP contribution in [0, 0.1) is 12.8 Å². The molecular weight excluding hydrogens is 366 g/mol. The van der Waals surface area contributed by atoms with Gasteiger partial charge in [-0.25, -0.2) is 4.98 Å². The zero-order chi connectivity index (χ0) is 20.6. The maximum Gasteiger partial charge on any atom is 0.244 e. The molecule has 3 rings (SSSR count). The van der Waals surface area contributed by atoms with Gasteiger partial charge in [-0.2, -0.15) is 0 Å². The topological polar surface area (TPSA) is 65.4 Å². The van der Waals surface area contributed by atoms with E-state index < -0.39 is 0 Å². The molecule has 0 saturated heterocycles. The minimum Gasteiger partial charge on any atom is -0.493 e. The normalized spacial score (nSPS) is 19.3. The molecule has 6 nitrogen and oxygen atoms in total. The summed E-state index contributed by atoms with van der Waals surface area (Å²) in [5, 5.41) is 3.11. The maximum absolute atomic E-state index is 12.2. The first-order valence-electron chi connectivity index (χ1n) is 10.3. The standard InChI is InChI=1S/C23H31N3O3/c1-17-4-8-20(9-5-17)25-23(27)11-7-19-6-10-21(22(16-19)28-3)29-15-14-26-13-12-24-18(26)2/h6-7,10-13,16-17,20H,4-5,8-9,14-15H2,1-3H3,(H,25,27)/b11-7+. The van der Waals surface area contributed by atoms with Gasteiger partial charge in [-0.1, -0.05) is 13.0 Å². The number of amides is 1. The van der Waals surface area contributed by atoms with Crippen LogP contribution >= 0.6 is 0 Å². The highest BCUT2D eigenvalue weighted by Crippen LogP contribution is 2.28. The van der Waals surface area contributed by atoms with E-state index in [2.05, 4.69) is 17.2 Å². The molecule has 1 aliphatic rings. The van der Waals surface area contributed by atoms with E-state index in [4.69, 9.17) is 9.47 Å². The fourth-order valence-corrected chi connectivity index (χ4v) is 3.63. The first-order chi connectivity index (χ1) is 14.0. The Bertz CT molecular complexity index is 836. The average molecular weight is 398 g/mol. The summed E-state index contributed by atoms with van der Waals surface area (Å²) in [7, 11) is 1.62. The number of nitrogens with one attached hydrogen (secondary N) is 1. The van der Waals surface area contributed by atoms with Crippen LogP contribution in [0.3, 0.4) is 0 Å². The van der Waals surface area contributed by atoms with E-state index in [9.17, 15) is 4.79 Å². The fraction of sp³-hybridized carbons (Fsp3) is 0.478. The van der Waals surface area contributed by atoms with E-state index in [1.165, 1.54) is 12.8 Å². The summed E-state index contributed by atoms with van der Waals surface area (Å²) in [5.74, 6) is 3.02. The molecule has 0 aliphatic heterocycles. The lowest BCUT2D eigenvalue weighted by atomic mass is 9.87. The number of hydrogen-bond acceptors (Lipinski definition) is 4. The SMILES string of the molecule is COc1cc(/C=C/C(=O)NC2CCC(C)CC2)ccc1OCCn1ccnc1C. The highest BCUT2D eigenvalue weighted by Gasteiger charge is 2.18. The van der Waals surface area contributed by atoms with Crippen LogP contribution in [0.15, 0.2) is 36.7 Å². The van der Waals surface area contributed by atoms with Crippen LogP contribution in [-0.2, 0) is 11.3 Å². The average Bonchev–Trinajstić information content (AvgIpc) is 3.13. The van der Waals surface area contributed by atoms with E-state index >= 15 is 0 Å². The predicted octanol–water partition coefficient (Wildman–Crippen LogP) is 3.99. The second-order valence-electron chi connectivity index (χ2n) is 7.73. The number of imidazole rings is 1. The first-order valence-corrected chi connectivity index (χ1v) is 10.3. The zero-order valence-electron chi connectivity index (χ0n) is 17.6. The number of nitrogens with zero attached hydrogens (tertiary/aromatic N) is 2. The van der Waals surface area contributed by atoms with Crippen LogP contribution < -0.4 is 14.8 Å². The van der Waals surface area contributed by atoms with Crippen molar-refractivity contribution in [2.45, 2.75) is 52.1 Å². The molecule has 29 heavy (non-hydrogen) atoms. The molecular formula is C23H31N3O3. The lowest BCUT2D eigenvalue weighted by Crippen LogP contribution is -2.36. The maximum atomic E-state index is 12.2. The van der Waals surface area contributed by atoms with Crippen molar-refractivity contribution in [3.63, 3.8) is 0 Å². The number of aryl methyl sites for hydroxylation is 1. The molecule has 1 saturated carbocycles. The number of aromatic nitrogens is 2. The molecule has 2 aromatic rings. The second kappa shape index (κ2) is 10.1. The Kier molecular flexibility index (Phi) is 7.33. The van der Waals surface area contributed by atoms with Crippen molar-refractivity contribution in [3.8, 4) is 11.5 Å². The summed E-state index contributed by atoms with van der Waals surface area (Å²) in [4.78, 5) is 16.4. The van der Waals surface area contributed by atoms with Gasteiger partial charge in [0, 0.05) is 24.5 Å².